The van der Waals surface area contributed by atoms with E-state index in [0.29, 0.717) is 11.8 Å². The van der Waals surface area contributed by atoms with Crippen LogP contribution in [-0.4, -0.2) is 11.9 Å². The third kappa shape index (κ3) is 5.90. The highest BCUT2D eigenvalue weighted by atomic mass is 16.1. The first-order chi connectivity index (χ1) is 7.79. The summed E-state index contributed by atoms with van der Waals surface area (Å²) in [6, 6.07) is 0.204. The maximum absolute atomic E-state index is 11.3. The summed E-state index contributed by atoms with van der Waals surface area (Å²) in [6.45, 7) is 16.9. The molecule has 2 nitrogen and oxygen atoms in total. The Bertz CT molecular complexity index is 247. The van der Waals surface area contributed by atoms with Gasteiger partial charge in [0.1, 0.15) is 0 Å². The van der Waals surface area contributed by atoms with Gasteiger partial charge in [-0.2, -0.15) is 0 Å². The Labute approximate surface area is 107 Å². The van der Waals surface area contributed by atoms with Crippen molar-refractivity contribution >= 4 is 5.91 Å². The molecule has 0 aromatic heterocycles. The average molecular weight is 239 g/mol. The molecule has 0 aromatic carbocycles. The number of rotatable bonds is 7. The molecule has 17 heavy (non-hydrogen) atoms. The average Bonchev–Trinajstić information content (AvgIpc) is 2.27. The maximum Gasteiger partial charge on any atom is 0.243 e. The number of carbonyl (C=O) groups is 1. The number of carbonyl (C=O) groups excluding carboxylic acids is 1. The van der Waals surface area contributed by atoms with Crippen LogP contribution in [0.2, 0.25) is 0 Å². The molecular formula is C15H29NO. The van der Waals surface area contributed by atoms with Crippen LogP contribution in [0.15, 0.2) is 12.7 Å². The van der Waals surface area contributed by atoms with E-state index in [4.69, 9.17) is 0 Å². The summed E-state index contributed by atoms with van der Waals surface area (Å²) in [5.74, 6) is 2.48. The first-order valence-electron chi connectivity index (χ1n) is 6.72. The Morgan fingerprint density at radius 2 is 1.65 bits per heavy atom. The van der Waals surface area contributed by atoms with Crippen molar-refractivity contribution in [2.45, 2.75) is 54.0 Å². The van der Waals surface area contributed by atoms with Crippen molar-refractivity contribution in [3.63, 3.8) is 0 Å². The molecule has 0 heterocycles. The zero-order chi connectivity index (χ0) is 13.6. The SMILES string of the molecule is C=CC(=O)NC(C)C(C)C(C)CC(C)C(C)C. The van der Waals surface area contributed by atoms with Crippen molar-refractivity contribution in [2.24, 2.45) is 23.7 Å². The summed E-state index contributed by atoms with van der Waals surface area (Å²) in [6.07, 6.45) is 2.55. The Balaban J connectivity index is 4.23. The van der Waals surface area contributed by atoms with Gasteiger partial charge in [0.05, 0.1) is 0 Å². The first kappa shape index (κ1) is 16.2. The quantitative estimate of drug-likeness (QED) is 0.675. The smallest absolute Gasteiger partial charge is 0.243 e. The Morgan fingerprint density at radius 1 is 1.12 bits per heavy atom. The second-order valence-corrected chi connectivity index (χ2v) is 5.79. The molecular weight excluding hydrogens is 210 g/mol. The van der Waals surface area contributed by atoms with Gasteiger partial charge in [0.2, 0.25) is 5.91 Å². The minimum Gasteiger partial charge on any atom is -0.350 e. The van der Waals surface area contributed by atoms with Crippen LogP contribution in [0, 0.1) is 23.7 Å². The number of nitrogens with one attached hydrogen (secondary N) is 1. The van der Waals surface area contributed by atoms with E-state index in [1.54, 1.807) is 0 Å². The van der Waals surface area contributed by atoms with Gasteiger partial charge in [-0.05, 0) is 43.1 Å². The zero-order valence-electron chi connectivity index (χ0n) is 12.3. The van der Waals surface area contributed by atoms with Crippen molar-refractivity contribution in [1.29, 1.82) is 0 Å². The van der Waals surface area contributed by atoms with Gasteiger partial charge < -0.3 is 5.32 Å². The van der Waals surface area contributed by atoms with E-state index in [2.05, 4.69) is 53.4 Å². The normalized spacial score (nSPS) is 18.3. The second kappa shape index (κ2) is 7.52. The van der Waals surface area contributed by atoms with Crippen LogP contribution in [-0.2, 0) is 4.79 Å². The van der Waals surface area contributed by atoms with Crippen molar-refractivity contribution in [1.82, 2.24) is 5.32 Å². The van der Waals surface area contributed by atoms with Gasteiger partial charge >= 0.3 is 0 Å². The third-order valence-corrected chi connectivity index (χ3v) is 4.12. The minimum absolute atomic E-state index is 0.0755. The van der Waals surface area contributed by atoms with Crippen molar-refractivity contribution < 1.29 is 4.79 Å². The van der Waals surface area contributed by atoms with Gasteiger partial charge in [0.15, 0.2) is 0 Å². The number of amides is 1. The predicted molar refractivity (Wildman–Crippen MR) is 74.7 cm³/mol. The lowest BCUT2D eigenvalue weighted by atomic mass is 9.80. The summed E-state index contributed by atoms with van der Waals surface area (Å²) in [5.41, 5.74) is 0. The van der Waals surface area contributed by atoms with E-state index < -0.39 is 0 Å². The Morgan fingerprint density at radius 3 is 2.06 bits per heavy atom. The van der Waals surface area contributed by atoms with Crippen LogP contribution >= 0.6 is 0 Å². The lowest BCUT2D eigenvalue weighted by Gasteiger charge is -2.29. The minimum atomic E-state index is -0.0755. The molecule has 0 saturated carbocycles. The molecule has 1 amide bonds. The molecule has 0 saturated heterocycles. The topological polar surface area (TPSA) is 29.1 Å². The molecule has 0 radical (unpaired) electrons. The van der Waals surface area contributed by atoms with Gasteiger partial charge in [0.25, 0.3) is 0 Å². The molecule has 0 aromatic rings. The van der Waals surface area contributed by atoms with Crippen LogP contribution in [0.5, 0.6) is 0 Å². The lowest BCUT2D eigenvalue weighted by molar-refractivity contribution is -0.117. The molecule has 0 aliphatic carbocycles. The molecule has 4 unspecified atom stereocenters. The summed E-state index contributed by atoms with van der Waals surface area (Å²) in [4.78, 5) is 11.3. The van der Waals surface area contributed by atoms with Crippen LogP contribution < -0.4 is 5.32 Å². The Hall–Kier alpha value is -0.790. The van der Waals surface area contributed by atoms with Crippen molar-refractivity contribution in [3.8, 4) is 0 Å². The molecule has 0 rings (SSSR count). The highest BCUT2D eigenvalue weighted by molar-refractivity contribution is 5.87. The summed E-state index contributed by atoms with van der Waals surface area (Å²) < 4.78 is 0. The Kier molecular flexibility index (Phi) is 7.17. The van der Waals surface area contributed by atoms with Crippen LogP contribution in [0.25, 0.3) is 0 Å². The van der Waals surface area contributed by atoms with E-state index in [0.717, 1.165) is 11.8 Å². The fraction of sp³-hybridized carbons (Fsp3) is 0.800. The van der Waals surface area contributed by atoms with Gasteiger partial charge in [-0.3, -0.25) is 4.79 Å². The molecule has 0 aliphatic heterocycles. The van der Waals surface area contributed by atoms with Gasteiger partial charge in [-0.15, -0.1) is 0 Å². The van der Waals surface area contributed by atoms with E-state index in [9.17, 15) is 4.79 Å². The maximum atomic E-state index is 11.3. The molecule has 0 fully saturated rings. The molecule has 1 N–H and O–H groups in total. The van der Waals surface area contributed by atoms with E-state index >= 15 is 0 Å². The molecule has 0 bridgehead atoms. The molecule has 0 spiro atoms. The van der Waals surface area contributed by atoms with Gasteiger partial charge in [-0.25, -0.2) is 0 Å². The highest BCUT2D eigenvalue weighted by Gasteiger charge is 2.22. The zero-order valence-corrected chi connectivity index (χ0v) is 12.3. The third-order valence-electron chi connectivity index (χ3n) is 4.12. The molecule has 100 valence electrons. The summed E-state index contributed by atoms with van der Waals surface area (Å²) >= 11 is 0. The monoisotopic (exact) mass is 239 g/mol. The predicted octanol–water partition coefficient (Wildman–Crippen LogP) is 3.63. The standard InChI is InChI=1S/C15H29NO/c1-8-15(17)16-14(7)13(6)12(5)9-11(4)10(2)3/h8,10-14H,1,9H2,2-7H3,(H,16,17). The second-order valence-electron chi connectivity index (χ2n) is 5.79. The van der Waals surface area contributed by atoms with Crippen molar-refractivity contribution in [3.05, 3.63) is 12.7 Å². The van der Waals surface area contributed by atoms with Crippen LogP contribution in [0.4, 0.5) is 0 Å². The van der Waals surface area contributed by atoms with E-state index in [1.807, 2.05) is 0 Å². The number of hydrogen-bond acceptors (Lipinski definition) is 1. The summed E-state index contributed by atoms with van der Waals surface area (Å²) in [7, 11) is 0. The van der Waals surface area contributed by atoms with Crippen LogP contribution in [0.3, 0.4) is 0 Å². The van der Waals surface area contributed by atoms with Gasteiger partial charge in [0, 0.05) is 6.04 Å². The van der Waals surface area contributed by atoms with Gasteiger partial charge in [-0.1, -0.05) is 41.2 Å². The lowest BCUT2D eigenvalue weighted by Crippen LogP contribution is -2.38. The molecule has 0 aliphatic rings. The van der Waals surface area contributed by atoms with E-state index in [1.165, 1.54) is 12.5 Å². The number of hydrogen-bond donors (Lipinski definition) is 1. The molecule has 2 heteroatoms. The van der Waals surface area contributed by atoms with E-state index in [-0.39, 0.29) is 11.9 Å². The fourth-order valence-electron chi connectivity index (χ4n) is 1.98. The highest BCUT2D eigenvalue weighted by Crippen LogP contribution is 2.26. The first-order valence-corrected chi connectivity index (χ1v) is 6.72. The summed E-state index contributed by atoms with van der Waals surface area (Å²) in [5, 5.41) is 2.96. The van der Waals surface area contributed by atoms with Crippen molar-refractivity contribution in [2.75, 3.05) is 0 Å². The fourth-order valence-corrected chi connectivity index (χ4v) is 1.98. The largest absolute Gasteiger partial charge is 0.350 e. The van der Waals surface area contributed by atoms with Crippen LogP contribution in [0.1, 0.15) is 48.0 Å². The molecule has 4 atom stereocenters.